The number of nitrogens with one attached hydrogen (secondary N) is 1. The lowest BCUT2D eigenvalue weighted by molar-refractivity contribution is 0.339. The van der Waals surface area contributed by atoms with E-state index in [4.69, 9.17) is 4.74 Å². The van der Waals surface area contributed by atoms with Gasteiger partial charge in [-0.3, -0.25) is 0 Å². The van der Waals surface area contributed by atoms with E-state index < -0.39 is 0 Å². The number of rotatable bonds is 5. The highest BCUT2D eigenvalue weighted by Gasteiger charge is 2.13. The highest BCUT2D eigenvalue weighted by atomic mass is 32.1. The van der Waals surface area contributed by atoms with Crippen molar-refractivity contribution in [2.45, 2.75) is 27.3 Å². The Morgan fingerprint density at radius 2 is 2.11 bits per heavy atom. The van der Waals surface area contributed by atoms with E-state index in [1.807, 2.05) is 14.0 Å². The Kier molecular flexibility index (Phi) is 4.56. The third-order valence-corrected chi connectivity index (χ3v) is 3.71. The molecule has 2 aromatic rings. The normalized spacial score (nSPS) is 10.7. The summed E-state index contributed by atoms with van der Waals surface area (Å²) in [6.45, 7) is 7.68. The van der Waals surface area contributed by atoms with Gasteiger partial charge in [-0.2, -0.15) is 0 Å². The van der Waals surface area contributed by atoms with E-state index in [0.29, 0.717) is 6.61 Å². The molecule has 0 saturated carbocycles. The number of ether oxygens (including phenoxy) is 1. The van der Waals surface area contributed by atoms with Gasteiger partial charge >= 0.3 is 0 Å². The molecule has 0 aliphatic carbocycles. The first kappa shape index (κ1) is 14.0. The smallest absolute Gasteiger partial charge is 0.131 e. The van der Waals surface area contributed by atoms with Gasteiger partial charge in [0.2, 0.25) is 0 Å². The summed E-state index contributed by atoms with van der Waals surface area (Å²) in [5, 5.41) is 6.32. The van der Waals surface area contributed by atoms with Gasteiger partial charge in [-0.1, -0.05) is 6.07 Å². The standard InChI is InChI=1S/C15H20N2OS/c1-5-18-15-11(3)6-10(2)7-12(15)13-9-19-14(17-13)8-16-4/h6-7,9,16H,5,8H2,1-4H3. The summed E-state index contributed by atoms with van der Waals surface area (Å²) in [7, 11) is 1.93. The maximum absolute atomic E-state index is 5.80. The molecule has 0 spiro atoms. The molecule has 1 N–H and O–H groups in total. The molecule has 0 saturated heterocycles. The molecule has 102 valence electrons. The van der Waals surface area contributed by atoms with E-state index in [0.717, 1.165) is 28.6 Å². The second kappa shape index (κ2) is 6.17. The van der Waals surface area contributed by atoms with Crippen LogP contribution in [0.15, 0.2) is 17.5 Å². The largest absolute Gasteiger partial charge is 0.493 e. The third-order valence-electron chi connectivity index (χ3n) is 2.86. The van der Waals surface area contributed by atoms with E-state index in [2.05, 4.69) is 41.7 Å². The van der Waals surface area contributed by atoms with Crippen molar-refractivity contribution in [3.05, 3.63) is 33.6 Å². The van der Waals surface area contributed by atoms with Crippen molar-refractivity contribution < 1.29 is 4.74 Å². The van der Waals surface area contributed by atoms with Crippen LogP contribution in [0.25, 0.3) is 11.3 Å². The number of thiazole rings is 1. The Labute approximate surface area is 118 Å². The minimum absolute atomic E-state index is 0.671. The molecule has 3 nitrogen and oxygen atoms in total. The zero-order chi connectivity index (χ0) is 13.8. The van der Waals surface area contributed by atoms with E-state index >= 15 is 0 Å². The molecule has 19 heavy (non-hydrogen) atoms. The number of nitrogens with zero attached hydrogens (tertiary/aromatic N) is 1. The minimum Gasteiger partial charge on any atom is -0.493 e. The molecule has 0 aliphatic heterocycles. The number of hydrogen-bond donors (Lipinski definition) is 1. The van der Waals surface area contributed by atoms with E-state index in [9.17, 15) is 0 Å². The zero-order valence-corrected chi connectivity index (χ0v) is 12.7. The molecular formula is C15H20N2OS. The van der Waals surface area contributed by atoms with Crippen LogP contribution in [-0.2, 0) is 6.54 Å². The average molecular weight is 276 g/mol. The quantitative estimate of drug-likeness (QED) is 0.907. The van der Waals surface area contributed by atoms with Crippen LogP contribution in [0.4, 0.5) is 0 Å². The van der Waals surface area contributed by atoms with E-state index in [1.165, 1.54) is 11.1 Å². The van der Waals surface area contributed by atoms with Crippen LogP contribution in [0.1, 0.15) is 23.1 Å². The highest BCUT2D eigenvalue weighted by molar-refractivity contribution is 7.09. The molecule has 0 bridgehead atoms. The minimum atomic E-state index is 0.671. The van der Waals surface area contributed by atoms with Gasteiger partial charge in [0.15, 0.2) is 0 Å². The molecule has 0 atom stereocenters. The summed E-state index contributed by atoms with van der Waals surface area (Å²) in [4.78, 5) is 4.67. The van der Waals surface area contributed by atoms with Crippen molar-refractivity contribution >= 4 is 11.3 Å². The Morgan fingerprint density at radius 3 is 2.79 bits per heavy atom. The van der Waals surface area contributed by atoms with Crippen LogP contribution in [0, 0.1) is 13.8 Å². The molecule has 0 radical (unpaired) electrons. The van der Waals surface area contributed by atoms with Gasteiger partial charge in [0.1, 0.15) is 10.8 Å². The van der Waals surface area contributed by atoms with Crippen molar-refractivity contribution in [3.63, 3.8) is 0 Å². The lowest BCUT2D eigenvalue weighted by Crippen LogP contribution is -2.04. The lowest BCUT2D eigenvalue weighted by atomic mass is 10.0. The predicted octanol–water partition coefficient (Wildman–Crippen LogP) is 3.55. The van der Waals surface area contributed by atoms with Crippen LogP contribution < -0.4 is 10.1 Å². The van der Waals surface area contributed by atoms with Crippen molar-refractivity contribution in [2.75, 3.05) is 13.7 Å². The fraction of sp³-hybridized carbons (Fsp3) is 0.400. The summed E-state index contributed by atoms with van der Waals surface area (Å²) < 4.78 is 5.80. The maximum Gasteiger partial charge on any atom is 0.131 e. The van der Waals surface area contributed by atoms with Crippen molar-refractivity contribution in [1.29, 1.82) is 0 Å². The topological polar surface area (TPSA) is 34.1 Å². The Balaban J connectivity index is 2.46. The van der Waals surface area contributed by atoms with Gasteiger partial charge in [0.05, 0.1) is 12.3 Å². The first-order valence-electron chi connectivity index (χ1n) is 6.49. The number of aryl methyl sites for hydroxylation is 2. The van der Waals surface area contributed by atoms with Crippen LogP contribution >= 0.6 is 11.3 Å². The van der Waals surface area contributed by atoms with Crippen LogP contribution in [0.2, 0.25) is 0 Å². The predicted molar refractivity (Wildman–Crippen MR) is 81.0 cm³/mol. The lowest BCUT2D eigenvalue weighted by Gasteiger charge is -2.13. The molecular weight excluding hydrogens is 256 g/mol. The SMILES string of the molecule is CCOc1c(C)cc(C)cc1-c1csc(CNC)n1. The summed E-state index contributed by atoms with van der Waals surface area (Å²) in [5.74, 6) is 0.953. The van der Waals surface area contributed by atoms with Crippen molar-refractivity contribution in [1.82, 2.24) is 10.3 Å². The van der Waals surface area contributed by atoms with Crippen molar-refractivity contribution in [2.24, 2.45) is 0 Å². The summed E-state index contributed by atoms with van der Waals surface area (Å²) >= 11 is 1.68. The average Bonchev–Trinajstić information content (AvgIpc) is 2.81. The fourth-order valence-corrected chi connectivity index (χ4v) is 2.95. The number of hydrogen-bond acceptors (Lipinski definition) is 4. The number of benzene rings is 1. The van der Waals surface area contributed by atoms with Crippen LogP contribution in [0.3, 0.4) is 0 Å². The second-order valence-corrected chi connectivity index (χ2v) is 5.49. The summed E-state index contributed by atoms with van der Waals surface area (Å²) in [6, 6.07) is 4.30. The molecule has 0 aliphatic rings. The van der Waals surface area contributed by atoms with Gasteiger partial charge in [0, 0.05) is 17.5 Å². The molecule has 1 aromatic heterocycles. The molecule has 2 rings (SSSR count). The maximum atomic E-state index is 5.80. The zero-order valence-electron chi connectivity index (χ0n) is 11.9. The monoisotopic (exact) mass is 276 g/mol. The Hall–Kier alpha value is -1.39. The van der Waals surface area contributed by atoms with Gasteiger partial charge in [0.25, 0.3) is 0 Å². The Morgan fingerprint density at radius 1 is 1.32 bits per heavy atom. The first-order valence-corrected chi connectivity index (χ1v) is 7.37. The van der Waals surface area contributed by atoms with Gasteiger partial charge in [-0.25, -0.2) is 4.98 Å². The van der Waals surface area contributed by atoms with Gasteiger partial charge in [-0.05, 0) is 45.0 Å². The molecule has 1 aromatic carbocycles. The van der Waals surface area contributed by atoms with Crippen molar-refractivity contribution in [3.8, 4) is 17.0 Å². The third kappa shape index (κ3) is 3.14. The van der Waals surface area contributed by atoms with E-state index in [-0.39, 0.29) is 0 Å². The van der Waals surface area contributed by atoms with Gasteiger partial charge in [-0.15, -0.1) is 11.3 Å². The summed E-state index contributed by atoms with van der Waals surface area (Å²) in [6.07, 6.45) is 0. The molecule has 1 heterocycles. The molecule has 4 heteroatoms. The highest BCUT2D eigenvalue weighted by Crippen LogP contribution is 2.34. The van der Waals surface area contributed by atoms with Crippen LogP contribution in [0.5, 0.6) is 5.75 Å². The van der Waals surface area contributed by atoms with Gasteiger partial charge < -0.3 is 10.1 Å². The molecule has 0 unspecified atom stereocenters. The first-order chi connectivity index (χ1) is 9.15. The fourth-order valence-electron chi connectivity index (χ4n) is 2.15. The van der Waals surface area contributed by atoms with E-state index in [1.54, 1.807) is 11.3 Å². The van der Waals surface area contributed by atoms with Crippen LogP contribution in [-0.4, -0.2) is 18.6 Å². The second-order valence-electron chi connectivity index (χ2n) is 4.55. The Bertz CT molecular complexity index is 563. The molecule has 0 fully saturated rings. The summed E-state index contributed by atoms with van der Waals surface area (Å²) in [5.41, 5.74) is 4.50. The molecule has 0 amide bonds. The number of aromatic nitrogens is 1.